The summed E-state index contributed by atoms with van der Waals surface area (Å²) in [5, 5.41) is 3.66. The number of aryl methyl sites for hydroxylation is 1. The molecule has 1 aromatic carbocycles. The molecule has 0 spiro atoms. The number of nitrogens with one attached hydrogen (secondary N) is 1. The number of rotatable bonds is 6. The maximum Gasteiger partial charge on any atom is 0.137 e. The van der Waals surface area contributed by atoms with Crippen LogP contribution < -0.4 is 5.32 Å². The molecule has 1 N–H and O–H groups in total. The van der Waals surface area contributed by atoms with Gasteiger partial charge in [0.15, 0.2) is 0 Å². The third-order valence-electron chi connectivity index (χ3n) is 4.52. The standard InChI is InChI=1S/C22H22N4/c1-17-10-11-22-25-20(16-26(22)15-17)14-24-21(18-7-3-2-4-8-18)13-19-9-5-6-12-23-19/h2-12,15-16,21,24H,13-14H2,1H3. The molecule has 0 amide bonds. The Kier molecular flexibility index (Phi) is 4.75. The minimum absolute atomic E-state index is 0.192. The van der Waals surface area contributed by atoms with Crippen LogP contribution in [0.5, 0.6) is 0 Å². The van der Waals surface area contributed by atoms with Gasteiger partial charge in [-0.2, -0.15) is 0 Å². The number of fused-ring (bicyclic) bond motifs is 1. The average Bonchev–Trinajstić information content (AvgIpc) is 3.08. The Hall–Kier alpha value is -2.98. The molecule has 0 aliphatic heterocycles. The van der Waals surface area contributed by atoms with E-state index in [2.05, 4.69) is 76.5 Å². The van der Waals surface area contributed by atoms with Gasteiger partial charge in [0, 0.05) is 43.3 Å². The highest BCUT2D eigenvalue weighted by atomic mass is 15.0. The summed E-state index contributed by atoms with van der Waals surface area (Å²) in [5.41, 5.74) is 5.59. The molecule has 26 heavy (non-hydrogen) atoms. The summed E-state index contributed by atoms with van der Waals surface area (Å²) in [6, 6.07) is 20.9. The highest BCUT2D eigenvalue weighted by Crippen LogP contribution is 2.18. The van der Waals surface area contributed by atoms with E-state index in [0.29, 0.717) is 6.54 Å². The van der Waals surface area contributed by atoms with E-state index in [1.807, 2.05) is 24.4 Å². The molecule has 1 unspecified atom stereocenters. The van der Waals surface area contributed by atoms with E-state index in [1.165, 1.54) is 11.1 Å². The van der Waals surface area contributed by atoms with Crippen molar-refractivity contribution in [3.63, 3.8) is 0 Å². The minimum atomic E-state index is 0.192. The molecule has 0 aliphatic carbocycles. The smallest absolute Gasteiger partial charge is 0.137 e. The molecule has 0 aliphatic rings. The lowest BCUT2D eigenvalue weighted by Crippen LogP contribution is -2.23. The van der Waals surface area contributed by atoms with Crippen LogP contribution in [0.25, 0.3) is 5.65 Å². The van der Waals surface area contributed by atoms with E-state index in [9.17, 15) is 0 Å². The van der Waals surface area contributed by atoms with Gasteiger partial charge in [-0.05, 0) is 36.2 Å². The third-order valence-corrected chi connectivity index (χ3v) is 4.52. The number of hydrogen-bond acceptors (Lipinski definition) is 3. The predicted molar refractivity (Wildman–Crippen MR) is 104 cm³/mol. The fraction of sp³-hybridized carbons (Fsp3) is 0.182. The van der Waals surface area contributed by atoms with E-state index in [1.54, 1.807) is 0 Å². The Morgan fingerprint density at radius 2 is 1.77 bits per heavy atom. The van der Waals surface area contributed by atoms with Crippen LogP contribution in [0.2, 0.25) is 0 Å². The van der Waals surface area contributed by atoms with Crippen LogP contribution in [0.1, 0.15) is 28.6 Å². The van der Waals surface area contributed by atoms with Crippen molar-refractivity contribution in [1.82, 2.24) is 19.7 Å². The van der Waals surface area contributed by atoms with Crippen molar-refractivity contribution < 1.29 is 0 Å². The summed E-state index contributed by atoms with van der Waals surface area (Å²) in [6.45, 7) is 2.81. The lowest BCUT2D eigenvalue weighted by atomic mass is 10.0. The van der Waals surface area contributed by atoms with Gasteiger partial charge in [-0.1, -0.05) is 42.5 Å². The van der Waals surface area contributed by atoms with Crippen LogP contribution in [0.4, 0.5) is 0 Å². The molecule has 4 rings (SSSR count). The fourth-order valence-corrected chi connectivity index (χ4v) is 3.19. The molecule has 0 bridgehead atoms. The number of nitrogens with zero attached hydrogens (tertiary/aromatic N) is 3. The number of imidazole rings is 1. The molecule has 4 nitrogen and oxygen atoms in total. The summed E-state index contributed by atoms with van der Waals surface area (Å²) >= 11 is 0. The summed E-state index contributed by atoms with van der Waals surface area (Å²) in [6.07, 6.45) is 6.89. The molecule has 0 saturated heterocycles. The van der Waals surface area contributed by atoms with E-state index >= 15 is 0 Å². The van der Waals surface area contributed by atoms with Crippen LogP contribution in [-0.4, -0.2) is 14.4 Å². The van der Waals surface area contributed by atoms with Crippen molar-refractivity contribution in [3.05, 3.63) is 102 Å². The van der Waals surface area contributed by atoms with Crippen LogP contribution in [0.3, 0.4) is 0 Å². The number of pyridine rings is 2. The van der Waals surface area contributed by atoms with Crippen LogP contribution in [-0.2, 0) is 13.0 Å². The Labute approximate surface area is 153 Å². The highest BCUT2D eigenvalue weighted by Gasteiger charge is 2.13. The third kappa shape index (κ3) is 3.81. The second-order valence-corrected chi connectivity index (χ2v) is 6.57. The first-order valence-electron chi connectivity index (χ1n) is 8.90. The predicted octanol–water partition coefficient (Wildman–Crippen LogP) is 4.11. The highest BCUT2D eigenvalue weighted by molar-refractivity contribution is 5.41. The van der Waals surface area contributed by atoms with Gasteiger partial charge in [0.2, 0.25) is 0 Å². The first-order chi connectivity index (χ1) is 12.8. The first kappa shape index (κ1) is 16.5. The van der Waals surface area contributed by atoms with E-state index in [4.69, 9.17) is 4.98 Å². The quantitative estimate of drug-likeness (QED) is 0.573. The monoisotopic (exact) mass is 342 g/mol. The lowest BCUT2D eigenvalue weighted by Gasteiger charge is -2.18. The maximum atomic E-state index is 4.71. The lowest BCUT2D eigenvalue weighted by molar-refractivity contribution is 0.521. The van der Waals surface area contributed by atoms with Gasteiger partial charge in [0.1, 0.15) is 5.65 Å². The van der Waals surface area contributed by atoms with Crippen molar-refractivity contribution in [1.29, 1.82) is 0 Å². The Balaban J connectivity index is 1.53. The fourth-order valence-electron chi connectivity index (χ4n) is 3.19. The normalized spacial score (nSPS) is 12.3. The average molecular weight is 342 g/mol. The number of benzene rings is 1. The van der Waals surface area contributed by atoms with Gasteiger partial charge in [-0.3, -0.25) is 4.98 Å². The van der Waals surface area contributed by atoms with Gasteiger partial charge in [0.25, 0.3) is 0 Å². The van der Waals surface area contributed by atoms with Crippen LogP contribution >= 0.6 is 0 Å². The zero-order chi connectivity index (χ0) is 17.8. The Morgan fingerprint density at radius 1 is 0.923 bits per heavy atom. The van der Waals surface area contributed by atoms with Gasteiger partial charge in [-0.25, -0.2) is 4.98 Å². The Morgan fingerprint density at radius 3 is 2.58 bits per heavy atom. The van der Waals surface area contributed by atoms with Gasteiger partial charge < -0.3 is 9.72 Å². The van der Waals surface area contributed by atoms with E-state index < -0.39 is 0 Å². The Bertz CT molecular complexity index is 977. The molecule has 130 valence electrons. The van der Waals surface area contributed by atoms with Crippen molar-refractivity contribution in [2.45, 2.75) is 25.9 Å². The minimum Gasteiger partial charge on any atom is -0.307 e. The van der Waals surface area contributed by atoms with E-state index in [-0.39, 0.29) is 6.04 Å². The summed E-state index contributed by atoms with van der Waals surface area (Å²) in [4.78, 5) is 9.20. The zero-order valence-corrected chi connectivity index (χ0v) is 14.8. The van der Waals surface area contributed by atoms with Crippen molar-refractivity contribution in [2.24, 2.45) is 0 Å². The molecule has 3 heterocycles. The first-order valence-corrected chi connectivity index (χ1v) is 8.90. The van der Waals surface area contributed by atoms with Crippen molar-refractivity contribution in [2.75, 3.05) is 0 Å². The molecule has 0 radical (unpaired) electrons. The van der Waals surface area contributed by atoms with Crippen LogP contribution in [0.15, 0.2) is 79.3 Å². The maximum absolute atomic E-state index is 4.71. The molecule has 3 aromatic heterocycles. The van der Waals surface area contributed by atoms with Gasteiger partial charge in [0.05, 0.1) is 5.69 Å². The summed E-state index contributed by atoms with van der Waals surface area (Å²) < 4.78 is 2.09. The zero-order valence-electron chi connectivity index (χ0n) is 14.8. The molecule has 4 heteroatoms. The topological polar surface area (TPSA) is 42.2 Å². The SMILES string of the molecule is Cc1ccc2nc(CNC(Cc3ccccn3)c3ccccc3)cn2c1. The molecular weight excluding hydrogens is 320 g/mol. The summed E-state index contributed by atoms with van der Waals surface area (Å²) in [7, 11) is 0. The molecular formula is C22H22N4. The molecule has 0 fully saturated rings. The number of aromatic nitrogens is 3. The molecule has 0 saturated carbocycles. The summed E-state index contributed by atoms with van der Waals surface area (Å²) in [5.74, 6) is 0. The second-order valence-electron chi connectivity index (χ2n) is 6.57. The van der Waals surface area contributed by atoms with Gasteiger partial charge in [-0.15, -0.1) is 0 Å². The van der Waals surface area contributed by atoms with E-state index in [0.717, 1.165) is 23.5 Å². The van der Waals surface area contributed by atoms with Crippen LogP contribution in [0, 0.1) is 6.92 Å². The van der Waals surface area contributed by atoms with Crippen molar-refractivity contribution >= 4 is 5.65 Å². The van der Waals surface area contributed by atoms with Gasteiger partial charge >= 0.3 is 0 Å². The molecule has 1 atom stereocenters. The second kappa shape index (κ2) is 7.50. The number of hydrogen-bond donors (Lipinski definition) is 1. The largest absolute Gasteiger partial charge is 0.307 e. The van der Waals surface area contributed by atoms with Crippen molar-refractivity contribution in [3.8, 4) is 0 Å². The molecule has 4 aromatic rings.